The van der Waals surface area contributed by atoms with Crippen LogP contribution in [0.1, 0.15) is 32.1 Å². The zero-order chi connectivity index (χ0) is 8.39. The summed E-state index contributed by atoms with van der Waals surface area (Å²) >= 11 is 0. The maximum atomic E-state index is 9.47. The van der Waals surface area contributed by atoms with E-state index < -0.39 is 0 Å². The number of hydrogen-bond acceptors (Lipinski definition) is 2. The van der Waals surface area contributed by atoms with Gasteiger partial charge in [-0.2, -0.15) is 0 Å². The third kappa shape index (κ3) is 1.80. The van der Waals surface area contributed by atoms with Gasteiger partial charge < -0.3 is 9.84 Å². The van der Waals surface area contributed by atoms with Crippen molar-refractivity contribution in [1.29, 1.82) is 0 Å². The molecule has 1 N–H and O–H groups in total. The SMILES string of the molecule is O[C@@H]1COC[C@H]1CCC1CCC1. The molecule has 0 radical (unpaired) electrons. The summed E-state index contributed by atoms with van der Waals surface area (Å²) < 4.78 is 5.20. The zero-order valence-corrected chi connectivity index (χ0v) is 7.54. The highest BCUT2D eigenvalue weighted by molar-refractivity contribution is 4.77. The van der Waals surface area contributed by atoms with Gasteiger partial charge in [-0.05, 0) is 12.3 Å². The smallest absolute Gasteiger partial charge is 0.0823 e. The molecule has 2 heteroatoms. The fourth-order valence-corrected chi connectivity index (χ4v) is 2.09. The summed E-state index contributed by atoms with van der Waals surface area (Å²) in [5.74, 6) is 1.41. The number of aliphatic hydroxyl groups excluding tert-OH is 1. The van der Waals surface area contributed by atoms with Gasteiger partial charge in [0.25, 0.3) is 0 Å². The Kier molecular flexibility index (Phi) is 2.66. The summed E-state index contributed by atoms with van der Waals surface area (Å²) in [5.41, 5.74) is 0. The van der Waals surface area contributed by atoms with E-state index in [4.69, 9.17) is 4.74 Å². The molecule has 70 valence electrons. The van der Waals surface area contributed by atoms with Gasteiger partial charge in [-0.15, -0.1) is 0 Å². The molecule has 1 saturated carbocycles. The van der Waals surface area contributed by atoms with E-state index in [2.05, 4.69) is 0 Å². The van der Waals surface area contributed by atoms with Crippen LogP contribution in [-0.2, 0) is 4.74 Å². The van der Waals surface area contributed by atoms with Gasteiger partial charge in [-0.25, -0.2) is 0 Å². The quantitative estimate of drug-likeness (QED) is 0.696. The van der Waals surface area contributed by atoms with Crippen molar-refractivity contribution in [3.63, 3.8) is 0 Å². The molecule has 0 aromatic heterocycles. The summed E-state index contributed by atoms with van der Waals surface area (Å²) in [7, 11) is 0. The first kappa shape index (κ1) is 8.52. The molecule has 2 nitrogen and oxygen atoms in total. The minimum atomic E-state index is -0.176. The van der Waals surface area contributed by atoms with Crippen LogP contribution in [0.3, 0.4) is 0 Å². The van der Waals surface area contributed by atoms with Crippen molar-refractivity contribution in [2.45, 2.75) is 38.2 Å². The Morgan fingerprint density at radius 3 is 2.50 bits per heavy atom. The normalized spacial score (nSPS) is 36.8. The fourth-order valence-electron chi connectivity index (χ4n) is 2.09. The molecule has 1 heterocycles. The summed E-state index contributed by atoms with van der Waals surface area (Å²) in [6.45, 7) is 1.35. The maximum Gasteiger partial charge on any atom is 0.0823 e. The first-order valence-electron chi connectivity index (χ1n) is 5.12. The Bertz CT molecular complexity index is 143. The topological polar surface area (TPSA) is 29.5 Å². The van der Waals surface area contributed by atoms with Gasteiger partial charge in [0.15, 0.2) is 0 Å². The van der Waals surface area contributed by atoms with Gasteiger partial charge in [0.2, 0.25) is 0 Å². The van der Waals surface area contributed by atoms with Gasteiger partial charge in [0.05, 0.1) is 19.3 Å². The van der Waals surface area contributed by atoms with Gasteiger partial charge in [-0.3, -0.25) is 0 Å². The molecule has 0 bridgehead atoms. The third-order valence-electron chi connectivity index (χ3n) is 3.34. The molecule has 1 saturated heterocycles. The van der Waals surface area contributed by atoms with Crippen molar-refractivity contribution in [3.8, 4) is 0 Å². The number of hydrogen-bond donors (Lipinski definition) is 1. The first-order valence-corrected chi connectivity index (χ1v) is 5.12. The van der Waals surface area contributed by atoms with E-state index in [1.165, 1.54) is 32.1 Å². The molecule has 2 rings (SSSR count). The predicted octanol–water partition coefficient (Wildman–Crippen LogP) is 1.57. The molecule has 2 fully saturated rings. The van der Waals surface area contributed by atoms with Gasteiger partial charge in [0, 0.05) is 5.92 Å². The number of aliphatic hydroxyl groups is 1. The van der Waals surface area contributed by atoms with E-state index in [0.717, 1.165) is 12.5 Å². The molecule has 0 aromatic rings. The minimum Gasteiger partial charge on any atom is -0.390 e. The van der Waals surface area contributed by atoms with Crippen LogP contribution in [0.25, 0.3) is 0 Å². The summed E-state index contributed by atoms with van der Waals surface area (Å²) in [5, 5.41) is 9.47. The molecule has 0 unspecified atom stereocenters. The van der Waals surface area contributed by atoms with Crippen molar-refractivity contribution in [2.75, 3.05) is 13.2 Å². The molecular formula is C10H18O2. The molecule has 2 aliphatic rings. The van der Waals surface area contributed by atoms with Gasteiger partial charge in [-0.1, -0.05) is 25.7 Å². The Hall–Kier alpha value is -0.0800. The lowest BCUT2D eigenvalue weighted by Gasteiger charge is -2.26. The monoisotopic (exact) mass is 170 g/mol. The van der Waals surface area contributed by atoms with Crippen LogP contribution >= 0.6 is 0 Å². The Morgan fingerprint density at radius 2 is 2.00 bits per heavy atom. The van der Waals surface area contributed by atoms with E-state index in [1.54, 1.807) is 0 Å². The molecule has 0 amide bonds. The Morgan fingerprint density at radius 1 is 1.17 bits per heavy atom. The van der Waals surface area contributed by atoms with Crippen LogP contribution in [0.2, 0.25) is 0 Å². The molecule has 1 aliphatic carbocycles. The number of rotatable bonds is 3. The van der Waals surface area contributed by atoms with Gasteiger partial charge >= 0.3 is 0 Å². The van der Waals surface area contributed by atoms with Crippen molar-refractivity contribution in [1.82, 2.24) is 0 Å². The van der Waals surface area contributed by atoms with E-state index in [-0.39, 0.29) is 6.10 Å². The molecular weight excluding hydrogens is 152 g/mol. The van der Waals surface area contributed by atoms with Crippen molar-refractivity contribution in [3.05, 3.63) is 0 Å². The Balaban J connectivity index is 1.64. The first-order chi connectivity index (χ1) is 5.86. The highest BCUT2D eigenvalue weighted by Gasteiger charge is 2.27. The molecule has 12 heavy (non-hydrogen) atoms. The van der Waals surface area contributed by atoms with E-state index in [1.807, 2.05) is 0 Å². The van der Waals surface area contributed by atoms with Crippen molar-refractivity contribution < 1.29 is 9.84 Å². The highest BCUT2D eigenvalue weighted by atomic mass is 16.5. The van der Waals surface area contributed by atoms with Crippen LogP contribution in [0, 0.1) is 11.8 Å². The molecule has 0 spiro atoms. The zero-order valence-electron chi connectivity index (χ0n) is 7.54. The van der Waals surface area contributed by atoms with Crippen molar-refractivity contribution in [2.24, 2.45) is 11.8 Å². The lowest BCUT2D eigenvalue weighted by atomic mass is 9.80. The lowest BCUT2D eigenvalue weighted by Crippen LogP contribution is -2.20. The second-order valence-corrected chi connectivity index (χ2v) is 4.24. The lowest BCUT2D eigenvalue weighted by molar-refractivity contribution is 0.114. The van der Waals surface area contributed by atoms with Gasteiger partial charge in [0.1, 0.15) is 0 Å². The average molecular weight is 170 g/mol. The largest absolute Gasteiger partial charge is 0.390 e. The van der Waals surface area contributed by atoms with Crippen LogP contribution in [0.4, 0.5) is 0 Å². The van der Waals surface area contributed by atoms with E-state index in [9.17, 15) is 5.11 Å². The van der Waals surface area contributed by atoms with Crippen LogP contribution < -0.4 is 0 Å². The predicted molar refractivity (Wildman–Crippen MR) is 46.9 cm³/mol. The molecule has 0 aromatic carbocycles. The average Bonchev–Trinajstić information content (AvgIpc) is 2.33. The Labute approximate surface area is 73.9 Å². The molecule has 2 atom stereocenters. The van der Waals surface area contributed by atoms with Crippen LogP contribution in [0.15, 0.2) is 0 Å². The van der Waals surface area contributed by atoms with Crippen LogP contribution in [0.5, 0.6) is 0 Å². The standard InChI is InChI=1S/C10H18O2/c11-10-7-12-6-9(10)5-4-8-2-1-3-8/h8-11H,1-7H2/t9-,10-/m1/s1. The number of ether oxygens (including phenoxy) is 1. The second-order valence-electron chi connectivity index (χ2n) is 4.24. The minimum absolute atomic E-state index is 0.176. The van der Waals surface area contributed by atoms with E-state index >= 15 is 0 Å². The highest BCUT2D eigenvalue weighted by Crippen LogP contribution is 2.33. The second kappa shape index (κ2) is 3.75. The van der Waals surface area contributed by atoms with Crippen LogP contribution in [-0.4, -0.2) is 24.4 Å². The molecule has 1 aliphatic heterocycles. The third-order valence-corrected chi connectivity index (χ3v) is 3.34. The summed E-state index contributed by atoms with van der Waals surface area (Å²) in [6.07, 6.45) is 6.57. The fraction of sp³-hybridized carbons (Fsp3) is 1.00. The van der Waals surface area contributed by atoms with Crippen molar-refractivity contribution >= 4 is 0 Å². The summed E-state index contributed by atoms with van der Waals surface area (Å²) in [6, 6.07) is 0. The maximum absolute atomic E-state index is 9.47. The van der Waals surface area contributed by atoms with E-state index in [0.29, 0.717) is 12.5 Å². The summed E-state index contributed by atoms with van der Waals surface area (Å²) in [4.78, 5) is 0.